The molecule has 0 saturated heterocycles. The molecule has 0 aliphatic carbocycles. The molecule has 1 amide bonds. The first kappa shape index (κ1) is 15.2. The van der Waals surface area contributed by atoms with Crippen LogP contribution >= 0.6 is 11.3 Å². The summed E-state index contributed by atoms with van der Waals surface area (Å²) in [7, 11) is 0. The van der Waals surface area contributed by atoms with Gasteiger partial charge in [0.05, 0.1) is 11.4 Å². The van der Waals surface area contributed by atoms with Crippen LogP contribution in [0.5, 0.6) is 0 Å². The number of carbonyl (C=O) groups is 1. The summed E-state index contributed by atoms with van der Waals surface area (Å²) in [6, 6.07) is 13.3. The SMILES string of the molecule is O=C(CCn1nc(-c2cccs2)oc1=O)NCc1ccccc1. The monoisotopic (exact) mass is 329 g/mol. The number of aryl methyl sites for hydroxylation is 1. The molecule has 3 rings (SSSR count). The summed E-state index contributed by atoms with van der Waals surface area (Å²) in [6.07, 6.45) is 0.170. The molecule has 0 aliphatic heterocycles. The second kappa shape index (κ2) is 7.06. The number of hydrogen-bond donors (Lipinski definition) is 1. The lowest BCUT2D eigenvalue weighted by Crippen LogP contribution is -2.26. The zero-order chi connectivity index (χ0) is 16.1. The van der Waals surface area contributed by atoms with E-state index in [0.29, 0.717) is 6.54 Å². The summed E-state index contributed by atoms with van der Waals surface area (Å²) >= 11 is 1.44. The molecule has 2 heterocycles. The van der Waals surface area contributed by atoms with Crippen LogP contribution in [0.15, 0.2) is 57.1 Å². The fourth-order valence-corrected chi connectivity index (χ4v) is 2.68. The molecule has 118 valence electrons. The third-order valence-electron chi connectivity index (χ3n) is 3.22. The van der Waals surface area contributed by atoms with Crippen LogP contribution in [0.1, 0.15) is 12.0 Å². The fraction of sp³-hybridized carbons (Fsp3) is 0.188. The van der Waals surface area contributed by atoms with Crippen LogP contribution < -0.4 is 11.1 Å². The molecule has 0 fully saturated rings. The Bertz CT molecular complexity index is 822. The first-order chi connectivity index (χ1) is 11.2. The van der Waals surface area contributed by atoms with Crippen molar-refractivity contribution in [1.29, 1.82) is 0 Å². The molecule has 0 radical (unpaired) electrons. The Morgan fingerprint density at radius 3 is 2.78 bits per heavy atom. The minimum atomic E-state index is -0.552. The molecule has 1 aromatic carbocycles. The van der Waals surface area contributed by atoms with Gasteiger partial charge in [-0.3, -0.25) is 4.79 Å². The molecule has 6 nitrogen and oxygen atoms in total. The van der Waals surface area contributed by atoms with Gasteiger partial charge in [0.25, 0.3) is 5.89 Å². The summed E-state index contributed by atoms with van der Waals surface area (Å²) in [5, 5.41) is 8.80. The zero-order valence-electron chi connectivity index (χ0n) is 12.3. The predicted octanol–water partition coefficient (Wildman–Crippen LogP) is 2.27. The van der Waals surface area contributed by atoms with Crippen LogP contribution in [0, 0.1) is 0 Å². The molecule has 1 N–H and O–H groups in total. The maximum atomic E-state index is 11.9. The van der Waals surface area contributed by atoms with Crippen molar-refractivity contribution in [3.8, 4) is 10.8 Å². The van der Waals surface area contributed by atoms with Gasteiger partial charge in [-0.05, 0) is 17.0 Å². The van der Waals surface area contributed by atoms with Gasteiger partial charge in [-0.25, -0.2) is 4.79 Å². The van der Waals surface area contributed by atoms with Crippen molar-refractivity contribution in [1.82, 2.24) is 15.1 Å². The largest absolute Gasteiger partial charge is 0.437 e. The second-order valence-corrected chi connectivity index (χ2v) is 5.83. The van der Waals surface area contributed by atoms with Gasteiger partial charge in [-0.2, -0.15) is 4.68 Å². The van der Waals surface area contributed by atoms with Gasteiger partial charge >= 0.3 is 5.76 Å². The molecule has 0 unspecified atom stereocenters. The number of thiophene rings is 1. The summed E-state index contributed by atoms with van der Waals surface area (Å²) in [5.74, 6) is -0.402. The minimum Gasteiger partial charge on any atom is -0.387 e. The van der Waals surface area contributed by atoms with E-state index in [4.69, 9.17) is 4.42 Å². The van der Waals surface area contributed by atoms with Gasteiger partial charge in [0.2, 0.25) is 5.91 Å². The molecule has 0 spiro atoms. The number of aromatic nitrogens is 2. The zero-order valence-corrected chi connectivity index (χ0v) is 13.1. The van der Waals surface area contributed by atoms with Gasteiger partial charge in [0, 0.05) is 13.0 Å². The molecule has 23 heavy (non-hydrogen) atoms. The lowest BCUT2D eigenvalue weighted by molar-refractivity contribution is -0.121. The van der Waals surface area contributed by atoms with Gasteiger partial charge in [0.1, 0.15) is 0 Å². The molecular formula is C16H15N3O3S. The highest BCUT2D eigenvalue weighted by Crippen LogP contribution is 2.20. The van der Waals surface area contributed by atoms with Crippen molar-refractivity contribution < 1.29 is 9.21 Å². The lowest BCUT2D eigenvalue weighted by Gasteiger charge is -2.04. The fourth-order valence-electron chi connectivity index (χ4n) is 2.04. The standard InChI is InChI=1S/C16H15N3O3S/c20-14(17-11-12-5-2-1-3-6-12)8-9-19-16(21)22-15(18-19)13-7-4-10-23-13/h1-7,10H,8-9,11H2,(H,17,20). The Labute approximate surface area is 136 Å². The molecule has 7 heteroatoms. The van der Waals surface area contributed by atoms with Crippen molar-refractivity contribution in [2.24, 2.45) is 0 Å². The number of amides is 1. The highest BCUT2D eigenvalue weighted by Gasteiger charge is 2.12. The van der Waals surface area contributed by atoms with Crippen molar-refractivity contribution in [2.45, 2.75) is 19.5 Å². The average Bonchev–Trinajstić information content (AvgIpc) is 3.21. The summed E-state index contributed by atoms with van der Waals surface area (Å²) < 4.78 is 6.27. The molecule has 0 aliphatic rings. The van der Waals surface area contributed by atoms with Gasteiger partial charge in [0.15, 0.2) is 0 Å². The molecule has 0 saturated carbocycles. The number of carbonyl (C=O) groups excluding carboxylic acids is 1. The smallest absolute Gasteiger partial charge is 0.387 e. The Balaban J connectivity index is 1.54. The van der Waals surface area contributed by atoms with E-state index in [-0.39, 0.29) is 24.8 Å². The lowest BCUT2D eigenvalue weighted by atomic mass is 10.2. The van der Waals surface area contributed by atoms with Crippen molar-refractivity contribution in [3.05, 3.63) is 64.0 Å². The number of rotatable bonds is 6. The first-order valence-electron chi connectivity index (χ1n) is 7.15. The Morgan fingerprint density at radius 2 is 2.04 bits per heavy atom. The van der Waals surface area contributed by atoms with Crippen molar-refractivity contribution in [3.63, 3.8) is 0 Å². The normalized spacial score (nSPS) is 10.6. The molecule has 3 aromatic rings. The molecule has 0 atom stereocenters. The maximum absolute atomic E-state index is 11.9. The van der Waals surface area contributed by atoms with E-state index in [0.717, 1.165) is 10.4 Å². The number of nitrogens with zero attached hydrogens (tertiary/aromatic N) is 2. The number of hydrogen-bond acceptors (Lipinski definition) is 5. The minimum absolute atomic E-state index is 0.138. The van der Waals surface area contributed by atoms with Crippen LogP contribution in [0.3, 0.4) is 0 Å². The van der Waals surface area contributed by atoms with E-state index in [1.54, 1.807) is 0 Å². The van der Waals surface area contributed by atoms with Gasteiger partial charge < -0.3 is 9.73 Å². The third kappa shape index (κ3) is 3.95. The Kier molecular flexibility index (Phi) is 4.68. The summed E-state index contributed by atoms with van der Waals surface area (Å²) in [5.41, 5.74) is 1.03. The number of nitrogens with one attached hydrogen (secondary N) is 1. The van der Waals surface area contributed by atoms with E-state index in [2.05, 4.69) is 10.4 Å². The average molecular weight is 329 g/mol. The predicted molar refractivity (Wildman–Crippen MR) is 87.0 cm³/mol. The Hall–Kier alpha value is -2.67. The number of benzene rings is 1. The molecular weight excluding hydrogens is 314 g/mol. The quantitative estimate of drug-likeness (QED) is 0.752. The van der Waals surface area contributed by atoms with Gasteiger partial charge in [-0.15, -0.1) is 16.4 Å². The van der Waals surface area contributed by atoms with Crippen LogP contribution in [-0.4, -0.2) is 15.7 Å². The highest BCUT2D eigenvalue weighted by molar-refractivity contribution is 7.13. The van der Waals surface area contributed by atoms with E-state index < -0.39 is 5.76 Å². The van der Waals surface area contributed by atoms with Crippen molar-refractivity contribution in [2.75, 3.05) is 0 Å². The Morgan fingerprint density at radius 1 is 1.22 bits per heavy atom. The highest BCUT2D eigenvalue weighted by atomic mass is 32.1. The summed E-state index contributed by atoms with van der Waals surface area (Å²) in [4.78, 5) is 24.4. The van der Waals surface area contributed by atoms with Crippen LogP contribution in [0.4, 0.5) is 0 Å². The third-order valence-corrected chi connectivity index (χ3v) is 4.08. The van der Waals surface area contributed by atoms with E-state index in [1.807, 2.05) is 47.8 Å². The molecule has 0 bridgehead atoms. The summed E-state index contributed by atoms with van der Waals surface area (Å²) in [6.45, 7) is 0.655. The molecule has 2 aromatic heterocycles. The van der Waals surface area contributed by atoms with Crippen LogP contribution in [0.2, 0.25) is 0 Å². The van der Waals surface area contributed by atoms with E-state index in [1.165, 1.54) is 16.0 Å². The topological polar surface area (TPSA) is 77.1 Å². The van der Waals surface area contributed by atoms with Crippen LogP contribution in [-0.2, 0) is 17.9 Å². The van der Waals surface area contributed by atoms with Crippen molar-refractivity contribution >= 4 is 17.2 Å². The van der Waals surface area contributed by atoms with Crippen LogP contribution in [0.25, 0.3) is 10.8 Å². The second-order valence-electron chi connectivity index (χ2n) is 4.89. The van der Waals surface area contributed by atoms with E-state index in [9.17, 15) is 9.59 Å². The first-order valence-corrected chi connectivity index (χ1v) is 8.03. The van der Waals surface area contributed by atoms with Gasteiger partial charge in [-0.1, -0.05) is 36.4 Å². The van der Waals surface area contributed by atoms with E-state index >= 15 is 0 Å². The maximum Gasteiger partial charge on any atom is 0.437 e.